The van der Waals surface area contributed by atoms with Crippen LogP contribution in [-0.4, -0.2) is 16.5 Å². The Kier molecular flexibility index (Phi) is 7.91. The van der Waals surface area contributed by atoms with Gasteiger partial charge in [0.15, 0.2) is 5.57 Å². The fourth-order valence-electron chi connectivity index (χ4n) is 4.84. The molecule has 0 saturated heterocycles. The highest BCUT2D eigenvalue weighted by Crippen LogP contribution is 2.19. The van der Waals surface area contributed by atoms with Crippen molar-refractivity contribution in [1.82, 2.24) is 9.88 Å². The number of thiazole rings is 1. The van der Waals surface area contributed by atoms with Crippen LogP contribution in [0.4, 0.5) is 0 Å². The van der Waals surface area contributed by atoms with Crippen molar-refractivity contribution in [3.63, 3.8) is 0 Å². The number of benzene rings is 2. The number of carbonyl (C=O) groups excluding carboxylic acids is 1. The van der Waals surface area contributed by atoms with E-state index in [0.29, 0.717) is 15.1 Å². The molecule has 0 radical (unpaired) electrons. The van der Waals surface area contributed by atoms with Crippen LogP contribution in [0.15, 0.2) is 47.3 Å². The minimum absolute atomic E-state index is 0.0138. The molecule has 1 heterocycles. The van der Waals surface area contributed by atoms with Crippen molar-refractivity contribution < 1.29 is 4.79 Å². The fraction of sp³-hybridized carbons (Fsp3) is 0.367. The van der Waals surface area contributed by atoms with Gasteiger partial charge >= 0.3 is 0 Å². The largest absolute Gasteiger partial charge is 0.349 e. The molecule has 0 aliphatic heterocycles. The fourth-order valence-corrected chi connectivity index (χ4v) is 5.93. The van der Waals surface area contributed by atoms with E-state index in [1.54, 1.807) is 4.57 Å². The lowest BCUT2D eigenvalue weighted by atomic mass is 9.95. The Bertz CT molecular complexity index is 1460. The number of hydrogen-bond acceptors (Lipinski definition) is 4. The highest BCUT2D eigenvalue weighted by molar-refractivity contribution is 7.07. The number of carbonyl (C=O) groups is 1. The van der Waals surface area contributed by atoms with Crippen LogP contribution < -0.4 is 20.1 Å². The van der Waals surface area contributed by atoms with E-state index in [1.165, 1.54) is 23.3 Å². The van der Waals surface area contributed by atoms with Crippen LogP contribution in [0.1, 0.15) is 74.1 Å². The Morgan fingerprint density at radius 2 is 1.72 bits per heavy atom. The van der Waals surface area contributed by atoms with Gasteiger partial charge in [-0.3, -0.25) is 14.2 Å². The molecule has 1 saturated carbocycles. The molecule has 4 rings (SSSR count). The minimum atomic E-state index is -0.404. The lowest BCUT2D eigenvalue weighted by molar-refractivity contribution is -0.116. The van der Waals surface area contributed by atoms with Gasteiger partial charge in [-0.2, -0.15) is 5.26 Å². The van der Waals surface area contributed by atoms with Crippen molar-refractivity contribution in [3.8, 4) is 11.8 Å². The van der Waals surface area contributed by atoms with Crippen molar-refractivity contribution in [2.24, 2.45) is 0 Å². The maximum Gasteiger partial charge on any atom is 0.273 e. The molecule has 0 unspecified atom stereocenters. The molecular weight excluding hydrogens is 466 g/mol. The number of aromatic nitrogens is 1. The van der Waals surface area contributed by atoms with Crippen LogP contribution in [0.2, 0.25) is 0 Å². The molecule has 1 aromatic heterocycles. The van der Waals surface area contributed by atoms with E-state index in [1.807, 2.05) is 50.3 Å². The summed E-state index contributed by atoms with van der Waals surface area (Å²) in [6.07, 6.45) is 7.02. The Hall–Kier alpha value is -3.43. The molecule has 1 fully saturated rings. The third-order valence-corrected chi connectivity index (χ3v) is 7.97. The number of para-hydroxylation sites is 1. The molecule has 1 amide bonds. The predicted molar refractivity (Wildman–Crippen MR) is 147 cm³/mol. The summed E-state index contributed by atoms with van der Waals surface area (Å²) in [5, 5.41) is 13.1. The van der Waals surface area contributed by atoms with Gasteiger partial charge in [-0.25, -0.2) is 0 Å². The number of nitriles is 1. The smallest absolute Gasteiger partial charge is 0.273 e. The van der Waals surface area contributed by atoms with Crippen LogP contribution in [0.25, 0.3) is 17.3 Å². The van der Waals surface area contributed by atoms with Gasteiger partial charge in [0.25, 0.3) is 11.5 Å². The average molecular weight is 500 g/mol. The van der Waals surface area contributed by atoms with Crippen LogP contribution in [-0.2, 0) is 4.79 Å². The first-order valence-electron chi connectivity index (χ1n) is 12.7. The zero-order valence-corrected chi connectivity index (χ0v) is 22.2. The minimum Gasteiger partial charge on any atom is -0.349 e. The molecule has 6 heteroatoms. The van der Waals surface area contributed by atoms with Crippen LogP contribution in [0.3, 0.4) is 0 Å². The number of amides is 1. The molecule has 0 spiro atoms. The SMILES string of the molecule is Cc1cccc(C)c1-n1c(=O)/c(=C\c2ccc(C(C)C)cc2)s/c1=C(\C#N)C(=O)NC1CCCCC1. The number of rotatable bonds is 5. The molecule has 0 bridgehead atoms. The highest BCUT2D eigenvalue weighted by atomic mass is 32.1. The second-order valence-electron chi connectivity index (χ2n) is 9.91. The van der Waals surface area contributed by atoms with E-state index in [9.17, 15) is 14.9 Å². The van der Waals surface area contributed by atoms with E-state index >= 15 is 0 Å². The maximum absolute atomic E-state index is 13.8. The van der Waals surface area contributed by atoms with Gasteiger partial charge in [-0.1, -0.05) is 75.6 Å². The molecule has 3 aromatic rings. The topological polar surface area (TPSA) is 74.9 Å². The van der Waals surface area contributed by atoms with Crippen molar-refractivity contribution in [2.75, 3.05) is 0 Å². The Balaban J connectivity index is 1.93. The molecule has 1 aliphatic carbocycles. The van der Waals surface area contributed by atoms with E-state index in [4.69, 9.17) is 0 Å². The summed E-state index contributed by atoms with van der Waals surface area (Å²) >= 11 is 1.20. The summed E-state index contributed by atoms with van der Waals surface area (Å²) in [5.74, 6) is 0.0163. The van der Waals surface area contributed by atoms with Gasteiger partial charge < -0.3 is 5.32 Å². The van der Waals surface area contributed by atoms with E-state index in [0.717, 1.165) is 48.1 Å². The Morgan fingerprint density at radius 3 is 2.31 bits per heavy atom. The number of nitrogens with one attached hydrogen (secondary N) is 1. The molecule has 2 aromatic carbocycles. The molecular formula is C30H33N3O2S. The maximum atomic E-state index is 13.8. The highest BCUT2D eigenvalue weighted by Gasteiger charge is 2.22. The summed E-state index contributed by atoms with van der Waals surface area (Å²) in [5.41, 5.74) is 4.44. The van der Waals surface area contributed by atoms with E-state index in [2.05, 4.69) is 37.4 Å². The zero-order valence-electron chi connectivity index (χ0n) is 21.4. The molecule has 36 heavy (non-hydrogen) atoms. The summed E-state index contributed by atoms with van der Waals surface area (Å²) < 4.78 is 2.42. The third-order valence-electron chi connectivity index (χ3n) is 6.88. The first kappa shape index (κ1) is 25.7. The van der Waals surface area contributed by atoms with Crippen LogP contribution in [0.5, 0.6) is 0 Å². The van der Waals surface area contributed by atoms with Crippen molar-refractivity contribution in [1.29, 1.82) is 5.26 Å². The van der Waals surface area contributed by atoms with Crippen molar-refractivity contribution in [2.45, 2.75) is 71.8 Å². The predicted octanol–water partition coefficient (Wildman–Crippen LogP) is 4.59. The van der Waals surface area contributed by atoms with Gasteiger partial charge in [-0.15, -0.1) is 11.3 Å². The quantitative estimate of drug-likeness (QED) is 0.558. The molecule has 5 nitrogen and oxygen atoms in total. The summed E-state index contributed by atoms with van der Waals surface area (Å²) in [6, 6.07) is 16.2. The normalized spacial score (nSPS) is 15.6. The lowest BCUT2D eigenvalue weighted by Crippen LogP contribution is -2.39. The van der Waals surface area contributed by atoms with Gasteiger partial charge in [0, 0.05) is 6.04 Å². The van der Waals surface area contributed by atoms with E-state index < -0.39 is 5.91 Å². The number of aryl methyl sites for hydroxylation is 2. The first-order chi connectivity index (χ1) is 17.3. The van der Waals surface area contributed by atoms with Gasteiger partial charge in [0.1, 0.15) is 10.7 Å². The third kappa shape index (κ3) is 5.37. The summed E-state index contributed by atoms with van der Waals surface area (Å²) in [6.45, 7) is 8.17. The lowest BCUT2D eigenvalue weighted by Gasteiger charge is -2.22. The standard InChI is InChI=1S/C30H33N3O2S/c1-19(2)23-15-13-22(14-16-23)17-26-29(35)33(27-20(3)9-8-10-21(27)4)30(36-26)25(18-31)28(34)32-24-11-6-5-7-12-24/h8-10,13-17,19,24H,5-7,11-12H2,1-4H3,(H,32,34)/b26-17+,30-25+. The Morgan fingerprint density at radius 1 is 1.08 bits per heavy atom. The number of nitrogens with zero attached hydrogens (tertiary/aromatic N) is 2. The van der Waals surface area contributed by atoms with E-state index in [-0.39, 0.29) is 17.2 Å². The molecule has 186 valence electrons. The molecule has 1 N–H and O–H groups in total. The molecule has 0 atom stereocenters. The first-order valence-corrected chi connectivity index (χ1v) is 13.5. The summed E-state index contributed by atoms with van der Waals surface area (Å²) in [4.78, 5) is 27.1. The summed E-state index contributed by atoms with van der Waals surface area (Å²) in [7, 11) is 0. The van der Waals surface area contributed by atoms with Crippen LogP contribution in [0, 0.1) is 25.2 Å². The molecule has 1 aliphatic rings. The van der Waals surface area contributed by atoms with Gasteiger partial charge in [0.05, 0.1) is 10.2 Å². The van der Waals surface area contributed by atoms with Crippen LogP contribution >= 0.6 is 11.3 Å². The monoisotopic (exact) mass is 499 g/mol. The van der Waals surface area contributed by atoms with Gasteiger partial charge in [-0.05, 0) is 60.9 Å². The number of hydrogen-bond donors (Lipinski definition) is 1. The zero-order chi connectivity index (χ0) is 25.8. The van der Waals surface area contributed by atoms with Gasteiger partial charge in [0.2, 0.25) is 0 Å². The van der Waals surface area contributed by atoms with Crippen molar-refractivity contribution in [3.05, 3.63) is 84.3 Å². The second kappa shape index (κ2) is 11.1. The second-order valence-corrected chi connectivity index (χ2v) is 10.9. The average Bonchev–Trinajstić information content (AvgIpc) is 3.16. The Labute approximate surface area is 216 Å². The van der Waals surface area contributed by atoms with Crippen molar-refractivity contribution >= 4 is 28.9 Å².